The van der Waals surface area contributed by atoms with Gasteiger partial charge in [0, 0.05) is 16.0 Å². The van der Waals surface area contributed by atoms with Crippen LogP contribution in [0.15, 0.2) is 18.2 Å². The third-order valence-electron chi connectivity index (χ3n) is 3.02. The average molecular weight is 402 g/mol. The minimum atomic E-state index is -0.0807. The Morgan fingerprint density at radius 1 is 1.20 bits per heavy atom. The lowest BCUT2D eigenvalue weighted by atomic mass is 9.91. The fourth-order valence-electron chi connectivity index (χ4n) is 1.96. The molecular weight excluding hydrogens is 385 g/mol. The van der Waals surface area contributed by atoms with Crippen molar-refractivity contribution >= 4 is 40.0 Å². The molecule has 5 heteroatoms. The number of hydrogen-bond donors (Lipinski definition) is 1. The number of aromatic nitrogens is 2. The predicted molar refractivity (Wildman–Crippen MR) is 93.0 cm³/mol. The average Bonchev–Trinajstić information content (AvgIpc) is 2.31. The van der Waals surface area contributed by atoms with Crippen molar-refractivity contribution in [2.45, 2.75) is 33.1 Å². The van der Waals surface area contributed by atoms with Gasteiger partial charge in [-0.2, -0.15) is 0 Å². The fourth-order valence-corrected chi connectivity index (χ4v) is 3.24. The molecule has 1 aromatic heterocycles. The number of benzene rings is 1. The first-order valence-electron chi connectivity index (χ1n) is 6.30. The van der Waals surface area contributed by atoms with Gasteiger partial charge < -0.3 is 5.73 Å². The van der Waals surface area contributed by atoms with Crippen LogP contribution < -0.4 is 5.73 Å². The normalized spacial score (nSPS) is 11.7. The maximum absolute atomic E-state index is 6.05. The van der Waals surface area contributed by atoms with E-state index >= 15 is 0 Å². The molecule has 0 unspecified atom stereocenters. The van der Waals surface area contributed by atoms with Gasteiger partial charge in [-0.3, -0.25) is 0 Å². The number of hydrogen-bond acceptors (Lipinski definition) is 3. The van der Waals surface area contributed by atoms with Gasteiger partial charge in [0.1, 0.15) is 5.82 Å². The first kappa shape index (κ1) is 15.5. The summed E-state index contributed by atoms with van der Waals surface area (Å²) < 4.78 is 0.922. The van der Waals surface area contributed by atoms with Gasteiger partial charge in [0.05, 0.1) is 9.26 Å². The Hall–Kier alpha value is -0.880. The van der Waals surface area contributed by atoms with Crippen LogP contribution in [0, 0.1) is 10.5 Å². The van der Waals surface area contributed by atoms with E-state index in [4.69, 9.17) is 22.3 Å². The molecule has 0 saturated heterocycles. The number of nitrogens with two attached hydrogens (primary N) is 1. The molecule has 0 bridgehead atoms. The number of rotatable bonds is 1. The molecule has 0 fully saturated rings. The van der Waals surface area contributed by atoms with E-state index in [-0.39, 0.29) is 5.41 Å². The Morgan fingerprint density at radius 2 is 1.85 bits per heavy atom. The largest absolute Gasteiger partial charge is 0.383 e. The van der Waals surface area contributed by atoms with Crippen molar-refractivity contribution in [1.82, 2.24) is 9.97 Å². The van der Waals surface area contributed by atoms with Gasteiger partial charge in [-0.15, -0.1) is 0 Å². The molecule has 1 aromatic carbocycles. The van der Waals surface area contributed by atoms with Crippen LogP contribution in [-0.2, 0) is 5.41 Å². The summed E-state index contributed by atoms with van der Waals surface area (Å²) in [5.74, 6) is 1.18. The van der Waals surface area contributed by atoms with Gasteiger partial charge in [0.25, 0.3) is 0 Å². The van der Waals surface area contributed by atoms with Crippen molar-refractivity contribution in [1.29, 1.82) is 0 Å². The van der Waals surface area contributed by atoms with Crippen molar-refractivity contribution < 1.29 is 0 Å². The summed E-state index contributed by atoms with van der Waals surface area (Å²) in [7, 11) is 0. The highest BCUT2D eigenvalue weighted by Crippen LogP contribution is 2.31. The topological polar surface area (TPSA) is 51.8 Å². The van der Waals surface area contributed by atoms with Gasteiger partial charge in [-0.25, -0.2) is 9.97 Å². The molecule has 2 N–H and O–H groups in total. The standard InChI is InChI=1S/C15H17ClIN3/c1-8-7-9(16)5-6-10(8)14-19-12(15(2,3)4)11(17)13(18)20-14/h5-7H,1-4H3,(H2,18,19,20). The van der Waals surface area contributed by atoms with Gasteiger partial charge in [0.2, 0.25) is 0 Å². The van der Waals surface area contributed by atoms with Crippen molar-refractivity contribution in [3.63, 3.8) is 0 Å². The maximum Gasteiger partial charge on any atom is 0.162 e. The molecule has 0 saturated carbocycles. The zero-order valence-corrected chi connectivity index (χ0v) is 14.9. The number of nitrogen functional groups attached to an aromatic ring is 1. The SMILES string of the molecule is Cc1cc(Cl)ccc1-c1nc(N)c(I)c(C(C)(C)C)n1. The second kappa shape index (κ2) is 5.48. The molecule has 0 aliphatic carbocycles. The molecule has 106 valence electrons. The molecule has 2 rings (SSSR count). The second-order valence-corrected chi connectivity index (χ2v) is 7.32. The second-order valence-electron chi connectivity index (χ2n) is 5.80. The summed E-state index contributed by atoms with van der Waals surface area (Å²) >= 11 is 8.21. The molecule has 20 heavy (non-hydrogen) atoms. The number of aryl methyl sites for hydroxylation is 1. The first-order chi connectivity index (χ1) is 9.20. The van der Waals surface area contributed by atoms with E-state index in [0.29, 0.717) is 16.7 Å². The van der Waals surface area contributed by atoms with Crippen LogP contribution in [0.2, 0.25) is 5.02 Å². The van der Waals surface area contributed by atoms with Gasteiger partial charge in [-0.05, 0) is 53.3 Å². The third-order valence-corrected chi connectivity index (χ3v) is 4.32. The molecule has 0 atom stereocenters. The first-order valence-corrected chi connectivity index (χ1v) is 7.76. The highest BCUT2D eigenvalue weighted by molar-refractivity contribution is 14.1. The van der Waals surface area contributed by atoms with Crippen LogP contribution in [0.3, 0.4) is 0 Å². The molecule has 0 spiro atoms. The summed E-state index contributed by atoms with van der Waals surface area (Å²) in [6, 6.07) is 5.69. The molecule has 0 aliphatic heterocycles. The van der Waals surface area contributed by atoms with Gasteiger partial charge >= 0.3 is 0 Å². The van der Waals surface area contributed by atoms with Gasteiger partial charge in [-0.1, -0.05) is 32.4 Å². The molecular formula is C15H17ClIN3. The zero-order chi connectivity index (χ0) is 15.1. The third kappa shape index (κ3) is 3.06. The Kier molecular flexibility index (Phi) is 4.25. The quantitative estimate of drug-likeness (QED) is 0.711. The summed E-state index contributed by atoms with van der Waals surface area (Å²) in [6.45, 7) is 8.36. The van der Waals surface area contributed by atoms with Crippen LogP contribution in [0.1, 0.15) is 32.0 Å². The molecule has 1 heterocycles. The monoisotopic (exact) mass is 401 g/mol. The molecule has 0 amide bonds. The Labute approximate surface area is 138 Å². The predicted octanol–water partition coefficient (Wildman–Crippen LogP) is 4.59. The molecule has 0 radical (unpaired) electrons. The summed E-state index contributed by atoms with van der Waals surface area (Å²) in [4.78, 5) is 9.15. The lowest BCUT2D eigenvalue weighted by Gasteiger charge is -2.21. The van der Waals surface area contributed by atoms with E-state index in [9.17, 15) is 0 Å². The van der Waals surface area contributed by atoms with E-state index in [1.807, 2.05) is 25.1 Å². The van der Waals surface area contributed by atoms with Crippen molar-refractivity contribution in [2.24, 2.45) is 0 Å². The van der Waals surface area contributed by atoms with E-state index in [1.165, 1.54) is 0 Å². The van der Waals surface area contributed by atoms with Crippen LogP contribution in [0.4, 0.5) is 5.82 Å². The van der Waals surface area contributed by atoms with Gasteiger partial charge in [0.15, 0.2) is 5.82 Å². The van der Waals surface area contributed by atoms with Crippen LogP contribution in [0.5, 0.6) is 0 Å². The van der Waals surface area contributed by atoms with E-state index < -0.39 is 0 Å². The molecule has 0 aliphatic rings. The lowest BCUT2D eigenvalue weighted by molar-refractivity contribution is 0.564. The fraction of sp³-hybridized carbons (Fsp3) is 0.333. The van der Waals surface area contributed by atoms with Crippen molar-refractivity contribution in [3.8, 4) is 11.4 Å². The number of halogens is 2. The van der Waals surface area contributed by atoms with E-state index in [1.54, 1.807) is 0 Å². The van der Waals surface area contributed by atoms with Crippen molar-refractivity contribution in [3.05, 3.63) is 38.0 Å². The number of anilines is 1. The highest BCUT2D eigenvalue weighted by atomic mass is 127. The highest BCUT2D eigenvalue weighted by Gasteiger charge is 2.23. The van der Waals surface area contributed by atoms with Crippen LogP contribution >= 0.6 is 34.2 Å². The molecule has 3 nitrogen and oxygen atoms in total. The van der Waals surface area contributed by atoms with Crippen LogP contribution in [-0.4, -0.2) is 9.97 Å². The van der Waals surface area contributed by atoms with E-state index in [2.05, 4.69) is 48.3 Å². The summed E-state index contributed by atoms with van der Waals surface area (Å²) in [6.07, 6.45) is 0. The summed E-state index contributed by atoms with van der Waals surface area (Å²) in [5, 5.41) is 0.709. The minimum absolute atomic E-state index is 0.0807. The lowest BCUT2D eigenvalue weighted by Crippen LogP contribution is -2.18. The number of nitrogens with zero attached hydrogens (tertiary/aromatic N) is 2. The Balaban J connectivity index is 2.67. The van der Waals surface area contributed by atoms with E-state index in [0.717, 1.165) is 20.4 Å². The Morgan fingerprint density at radius 3 is 2.40 bits per heavy atom. The Bertz CT molecular complexity index is 663. The smallest absolute Gasteiger partial charge is 0.162 e. The minimum Gasteiger partial charge on any atom is -0.383 e. The van der Waals surface area contributed by atoms with Crippen molar-refractivity contribution in [2.75, 3.05) is 5.73 Å². The summed E-state index contributed by atoms with van der Waals surface area (Å²) in [5.41, 5.74) is 8.94. The molecule has 2 aromatic rings. The zero-order valence-electron chi connectivity index (χ0n) is 12.0. The maximum atomic E-state index is 6.05. The van der Waals surface area contributed by atoms with Crippen LogP contribution in [0.25, 0.3) is 11.4 Å².